The molecule has 1 aromatic heterocycles. The predicted octanol–water partition coefficient (Wildman–Crippen LogP) is 2.38. The Morgan fingerprint density at radius 2 is 2.00 bits per heavy atom. The molecule has 122 valence electrons. The lowest BCUT2D eigenvalue weighted by atomic mass is 10.2. The summed E-state index contributed by atoms with van der Waals surface area (Å²) >= 11 is 0. The molecule has 6 heteroatoms. The number of carbonyl (C=O) groups is 1. The maximum atomic E-state index is 11.5. The highest BCUT2D eigenvalue weighted by molar-refractivity contribution is 5.82. The summed E-state index contributed by atoms with van der Waals surface area (Å²) in [4.78, 5) is 17.9. The molecule has 2 aromatic carbocycles. The van der Waals surface area contributed by atoms with E-state index in [1.54, 1.807) is 0 Å². The molecule has 0 spiro atoms. The summed E-state index contributed by atoms with van der Waals surface area (Å²) < 4.78 is 5.65. The zero-order valence-electron chi connectivity index (χ0n) is 13.2. The van der Waals surface area contributed by atoms with Gasteiger partial charge in [-0.15, -0.1) is 0 Å². The fourth-order valence-corrected chi connectivity index (χ4v) is 2.81. The number of aromatic nitrogens is 1. The zero-order valence-corrected chi connectivity index (χ0v) is 13.2. The Morgan fingerprint density at radius 1 is 1.17 bits per heavy atom. The number of nitrogens with zero attached hydrogens (tertiary/aromatic N) is 2. The molecular formula is C18H18N4O2. The van der Waals surface area contributed by atoms with Crippen LogP contribution in [0.5, 0.6) is 0 Å². The number of nitrogens with one attached hydrogen (secondary N) is 2. The van der Waals surface area contributed by atoms with Crippen LogP contribution in [0.3, 0.4) is 0 Å². The molecule has 0 unspecified atom stereocenters. The van der Waals surface area contributed by atoms with Crippen LogP contribution in [0, 0.1) is 0 Å². The quantitative estimate of drug-likeness (QED) is 0.772. The van der Waals surface area contributed by atoms with Crippen LogP contribution in [0.25, 0.3) is 11.1 Å². The summed E-state index contributed by atoms with van der Waals surface area (Å²) in [6, 6.07) is 16.4. The highest BCUT2D eigenvalue weighted by Gasteiger charge is 2.16. The van der Waals surface area contributed by atoms with E-state index in [4.69, 9.17) is 4.42 Å². The minimum atomic E-state index is 0.0722. The molecule has 24 heavy (non-hydrogen) atoms. The molecule has 2 N–H and O–H groups in total. The Labute approximate surface area is 139 Å². The molecule has 2 heterocycles. The van der Waals surface area contributed by atoms with Crippen LogP contribution in [0.2, 0.25) is 0 Å². The molecule has 0 aliphatic carbocycles. The number of oxazole rings is 1. The number of hydrogen-bond acceptors (Lipinski definition) is 5. The van der Waals surface area contributed by atoms with E-state index in [9.17, 15) is 4.79 Å². The fraction of sp³-hybridized carbons (Fsp3) is 0.222. The van der Waals surface area contributed by atoms with Crippen LogP contribution in [0.4, 0.5) is 11.7 Å². The van der Waals surface area contributed by atoms with Crippen molar-refractivity contribution in [1.82, 2.24) is 10.3 Å². The molecular weight excluding hydrogens is 304 g/mol. The molecule has 1 saturated heterocycles. The molecule has 1 fully saturated rings. The van der Waals surface area contributed by atoms with Gasteiger partial charge in [0.15, 0.2) is 5.58 Å². The van der Waals surface area contributed by atoms with Crippen molar-refractivity contribution in [3.05, 3.63) is 54.1 Å². The number of fused-ring (bicyclic) bond motifs is 1. The summed E-state index contributed by atoms with van der Waals surface area (Å²) in [5.74, 6) is 0.0722. The largest absolute Gasteiger partial charge is 0.424 e. The van der Waals surface area contributed by atoms with Gasteiger partial charge in [-0.05, 0) is 29.8 Å². The SMILES string of the molecule is O=C1CN(c2ccc(CNc3nc4ccccc4o3)cc2)CCN1. The molecule has 1 amide bonds. The Bertz CT molecular complexity index is 824. The van der Waals surface area contributed by atoms with Gasteiger partial charge in [-0.3, -0.25) is 4.79 Å². The minimum Gasteiger partial charge on any atom is -0.424 e. The molecule has 1 aliphatic rings. The van der Waals surface area contributed by atoms with Gasteiger partial charge in [-0.2, -0.15) is 4.98 Å². The first-order valence-electron chi connectivity index (χ1n) is 7.98. The van der Waals surface area contributed by atoms with Crippen molar-refractivity contribution in [2.24, 2.45) is 0 Å². The van der Waals surface area contributed by atoms with E-state index in [1.165, 1.54) is 0 Å². The van der Waals surface area contributed by atoms with Crippen LogP contribution in [-0.4, -0.2) is 30.5 Å². The lowest BCUT2D eigenvalue weighted by Crippen LogP contribution is -2.47. The van der Waals surface area contributed by atoms with Crippen molar-refractivity contribution in [2.75, 3.05) is 29.9 Å². The van der Waals surface area contributed by atoms with Crippen molar-refractivity contribution < 1.29 is 9.21 Å². The van der Waals surface area contributed by atoms with Gasteiger partial charge < -0.3 is 20.0 Å². The van der Waals surface area contributed by atoms with Gasteiger partial charge in [0.25, 0.3) is 6.01 Å². The Kier molecular flexibility index (Phi) is 3.78. The number of anilines is 2. The van der Waals surface area contributed by atoms with Gasteiger partial charge in [0.2, 0.25) is 5.91 Å². The number of rotatable bonds is 4. The molecule has 0 atom stereocenters. The first-order chi connectivity index (χ1) is 11.8. The second-order valence-corrected chi connectivity index (χ2v) is 5.78. The highest BCUT2D eigenvalue weighted by Crippen LogP contribution is 2.20. The van der Waals surface area contributed by atoms with E-state index in [2.05, 4.69) is 32.7 Å². The summed E-state index contributed by atoms with van der Waals surface area (Å²) in [7, 11) is 0. The first-order valence-corrected chi connectivity index (χ1v) is 7.98. The third-order valence-electron chi connectivity index (χ3n) is 4.08. The van der Waals surface area contributed by atoms with Crippen molar-refractivity contribution in [1.29, 1.82) is 0 Å². The fourth-order valence-electron chi connectivity index (χ4n) is 2.81. The summed E-state index contributed by atoms with van der Waals surface area (Å²) in [5, 5.41) is 6.04. The molecule has 1 aliphatic heterocycles. The predicted molar refractivity (Wildman–Crippen MR) is 93.0 cm³/mol. The average molecular weight is 322 g/mol. The molecule has 0 saturated carbocycles. The van der Waals surface area contributed by atoms with Gasteiger partial charge in [0.1, 0.15) is 5.52 Å². The summed E-state index contributed by atoms with van der Waals surface area (Å²) in [6.45, 7) is 2.58. The Hall–Kier alpha value is -3.02. The van der Waals surface area contributed by atoms with Crippen molar-refractivity contribution >= 4 is 28.7 Å². The highest BCUT2D eigenvalue weighted by atomic mass is 16.4. The van der Waals surface area contributed by atoms with E-state index in [0.717, 1.165) is 28.9 Å². The van der Waals surface area contributed by atoms with Crippen LogP contribution in [-0.2, 0) is 11.3 Å². The Morgan fingerprint density at radius 3 is 2.79 bits per heavy atom. The molecule has 6 nitrogen and oxygen atoms in total. The van der Waals surface area contributed by atoms with E-state index in [1.807, 2.05) is 36.4 Å². The van der Waals surface area contributed by atoms with Gasteiger partial charge in [0, 0.05) is 25.3 Å². The maximum absolute atomic E-state index is 11.5. The number of carbonyl (C=O) groups excluding carboxylic acids is 1. The van der Waals surface area contributed by atoms with Crippen molar-refractivity contribution in [3.63, 3.8) is 0 Å². The second-order valence-electron chi connectivity index (χ2n) is 5.78. The monoisotopic (exact) mass is 322 g/mol. The lowest BCUT2D eigenvalue weighted by molar-refractivity contribution is -0.120. The Balaban J connectivity index is 1.40. The van der Waals surface area contributed by atoms with Crippen LogP contribution in [0.1, 0.15) is 5.56 Å². The summed E-state index contributed by atoms with van der Waals surface area (Å²) in [6.07, 6.45) is 0. The number of para-hydroxylation sites is 2. The van der Waals surface area contributed by atoms with Crippen LogP contribution in [0.15, 0.2) is 52.9 Å². The number of amides is 1. The average Bonchev–Trinajstić information content (AvgIpc) is 3.03. The van der Waals surface area contributed by atoms with Gasteiger partial charge in [-0.1, -0.05) is 24.3 Å². The van der Waals surface area contributed by atoms with E-state index in [-0.39, 0.29) is 5.91 Å². The minimum absolute atomic E-state index is 0.0722. The number of hydrogen-bond donors (Lipinski definition) is 2. The van der Waals surface area contributed by atoms with E-state index >= 15 is 0 Å². The second kappa shape index (κ2) is 6.23. The first kappa shape index (κ1) is 14.6. The lowest BCUT2D eigenvalue weighted by Gasteiger charge is -2.28. The van der Waals surface area contributed by atoms with Gasteiger partial charge in [-0.25, -0.2) is 0 Å². The molecule has 0 bridgehead atoms. The smallest absolute Gasteiger partial charge is 0.295 e. The molecule has 0 radical (unpaired) electrons. The van der Waals surface area contributed by atoms with Crippen LogP contribution >= 0.6 is 0 Å². The topological polar surface area (TPSA) is 70.4 Å². The van der Waals surface area contributed by atoms with Crippen molar-refractivity contribution in [2.45, 2.75) is 6.54 Å². The normalized spacial score (nSPS) is 14.7. The molecule has 4 rings (SSSR count). The van der Waals surface area contributed by atoms with Crippen molar-refractivity contribution in [3.8, 4) is 0 Å². The van der Waals surface area contributed by atoms with Gasteiger partial charge >= 0.3 is 0 Å². The number of piperazine rings is 1. The standard InChI is InChI=1S/C18H18N4O2/c23-17-12-22(10-9-19-17)14-7-5-13(6-8-14)11-20-18-21-15-3-1-2-4-16(15)24-18/h1-8H,9-12H2,(H,19,23)(H,20,21). The van der Waals surface area contributed by atoms with Crippen LogP contribution < -0.4 is 15.5 Å². The summed E-state index contributed by atoms with van der Waals surface area (Å²) in [5.41, 5.74) is 3.82. The third kappa shape index (κ3) is 3.03. The van der Waals surface area contributed by atoms with Gasteiger partial charge in [0.05, 0.1) is 6.54 Å². The third-order valence-corrected chi connectivity index (χ3v) is 4.08. The maximum Gasteiger partial charge on any atom is 0.295 e. The zero-order chi connectivity index (χ0) is 16.4. The number of benzene rings is 2. The molecule has 3 aromatic rings. The van der Waals surface area contributed by atoms with E-state index in [0.29, 0.717) is 25.6 Å². The van der Waals surface area contributed by atoms with E-state index < -0.39 is 0 Å².